The SMILES string of the molecule is O=C(/C=C/c1ccco1)N1CCSC(c2ccco2)CC1. The summed E-state index contributed by atoms with van der Waals surface area (Å²) in [4.78, 5) is 14.1. The van der Waals surface area contributed by atoms with Crippen LogP contribution in [0.4, 0.5) is 0 Å². The number of amides is 1. The van der Waals surface area contributed by atoms with Crippen LogP contribution in [0.15, 0.2) is 51.7 Å². The van der Waals surface area contributed by atoms with E-state index >= 15 is 0 Å². The lowest BCUT2D eigenvalue weighted by atomic mass is 10.2. The van der Waals surface area contributed by atoms with Gasteiger partial charge in [-0.3, -0.25) is 4.79 Å². The smallest absolute Gasteiger partial charge is 0.246 e. The largest absolute Gasteiger partial charge is 0.468 e. The number of thioether (sulfide) groups is 1. The molecule has 1 aliphatic rings. The van der Waals surface area contributed by atoms with Gasteiger partial charge in [-0.2, -0.15) is 0 Å². The van der Waals surface area contributed by atoms with Crippen molar-refractivity contribution >= 4 is 23.7 Å². The van der Waals surface area contributed by atoms with E-state index in [0.29, 0.717) is 11.0 Å². The number of carbonyl (C=O) groups excluding carboxylic acids is 1. The summed E-state index contributed by atoms with van der Waals surface area (Å²) in [5, 5.41) is 0.340. The Hall–Kier alpha value is -1.88. The van der Waals surface area contributed by atoms with Gasteiger partial charge in [0.1, 0.15) is 11.5 Å². The first-order chi connectivity index (χ1) is 10.3. The maximum atomic E-state index is 12.2. The molecule has 2 aromatic rings. The first-order valence-electron chi connectivity index (χ1n) is 6.98. The molecule has 1 atom stereocenters. The molecule has 1 unspecified atom stereocenters. The fraction of sp³-hybridized carbons (Fsp3) is 0.312. The predicted molar refractivity (Wildman–Crippen MR) is 82.8 cm³/mol. The van der Waals surface area contributed by atoms with Crippen molar-refractivity contribution in [3.05, 3.63) is 54.4 Å². The Morgan fingerprint density at radius 1 is 1.24 bits per heavy atom. The van der Waals surface area contributed by atoms with E-state index in [9.17, 15) is 4.79 Å². The molecule has 0 saturated carbocycles. The second-order valence-electron chi connectivity index (χ2n) is 4.84. The molecule has 0 aromatic carbocycles. The van der Waals surface area contributed by atoms with Crippen molar-refractivity contribution in [2.45, 2.75) is 11.7 Å². The van der Waals surface area contributed by atoms with Crippen LogP contribution in [0, 0.1) is 0 Å². The average molecular weight is 303 g/mol. The van der Waals surface area contributed by atoms with Crippen LogP contribution in [0.25, 0.3) is 6.08 Å². The molecule has 0 radical (unpaired) electrons. The van der Waals surface area contributed by atoms with Crippen LogP contribution in [0.2, 0.25) is 0 Å². The second kappa shape index (κ2) is 6.72. The van der Waals surface area contributed by atoms with Crippen molar-refractivity contribution in [1.82, 2.24) is 4.90 Å². The molecule has 1 aliphatic heterocycles. The quantitative estimate of drug-likeness (QED) is 0.813. The van der Waals surface area contributed by atoms with E-state index in [-0.39, 0.29) is 5.91 Å². The Kier molecular flexibility index (Phi) is 4.50. The summed E-state index contributed by atoms with van der Waals surface area (Å²) < 4.78 is 10.7. The fourth-order valence-electron chi connectivity index (χ4n) is 2.34. The zero-order valence-corrected chi connectivity index (χ0v) is 12.4. The number of rotatable bonds is 3. The molecule has 1 amide bonds. The highest BCUT2D eigenvalue weighted by atomic mass is 32.2. The second-order valence-corrected chi connectivity index (χ2v) is 6.15. The number of hydrogen-bond donors (Lipinski definition) is 0. The summed E-state index contributed by atoms with van der Waals surface area (Å²) in [7, 11) is 0. The Labute approximate surface area is 127 Å². The van der Waals surface area contributed by atoms with Crippen LogP contribution in [0.5, 0.6) is 0 Å². The third-order valence-corrected chi connectivity index (χ3v) is 4.74. The van der Waals surface area contributed by atoms with Gasteiger partial charge in [-0.15, -0.1) is 11.8 Å². The molecule has 0 bridgehead atoms. The topological polar surface area (TPSA) is 46.6 Å². The molecule has 21 heavy (non-hydrogen) atoms. The predicted octanol–water partition coefficient (Wildman–Crippen LogP) is 3.59. The summed E-state index contributed by atoms with van der Waals surface area (Å²) in [6.45, 7) is 1.52. The molecule has 110 valence electrons. The molecule has 0 aliphatic carbocycles. The molecule has 0 N–H and O–H groups in total. The Morgan fingerprint density at radius 2 is 2.10 bits per heavy atom. The maximum absolute atomic E-state index is 12.2. The lowest BCUT2D eigenvalue weighted by molar-refractivity contribution is -0.125. The fourth-order valence-corrected chi connectivity index (χ4v) is 3.52. The molecule has 5 heteroatoms. The van der Waals surface area contributed by atoms with Gasteiger partial charge in [0, 0.05) is 24.9 Å². The van der Waals surface area contributed by atoms with Gasteiger partial charge < -0.3 is 13.7 Å². The minimum Gasteiger partial charge on any atom is -0.468 e. The van der Waals surface area contributed by atoms with Crippen LogP contribution in [0.3, 0.4) is 0 Å². The van der Waals surface area contributed by atoms with Crippen molar-refractivity contribution in [2.24, 2.45) is 0 Å². The van der Waals surface area contributed by atoms with E-state index in [1.807, 2.05) is 34.9 Å². The Balaban J connectivity index is 1.58. The van der Waals surface area contributed by atoms with E-state index in [0.717, 1.165) is 31.0 Å². The van der Waals surface area contributed by atoms with Gasteiger partial charge in [0.15, 0.2) is 0 Å². The van der Waals surface area contributed by atoms with Gasteiger partial charge in [-0.25, -0.2) is 0 Å². The van der Waals surface area contributed by atoms with Gasteiger partial charge in [0.05, 0.1) is 17.8 Å². The summed E-state index contributed by atoms with van der Waals surface area (Å²) >= 11 is 1.85. The number of carbonyl (C=O) groups is 1. The molecular weight excluding hydrogens is 286 g/mol. The third-order valence-electron chi connectivity index (χ3n) is 3.45. The molecule has 1 saturated heterocycles. The van der Waals surface area contributed by atoms with Crippen molar-refractivity contribution in [2.75, 3.05) is 18.8 Å². The van der Waals surface area contributed by atoms with Gasteiger partial charge >= 0.3 is 0 Å². The van der Waals surface area contributed by atoms with Gasteiger partial charge in [-0.1, -0.05) is 0 Å². The highest BCUT2D eigenvalue weighted by Crippen LogP contribution is 2.34. The lowest BCUT2D eigenvalue weighted by Crippen LogP contribution is -2.31. The zero-order chi connectivity index (χ0) is 14.5. The zero-order valence-electron chi connectivity index (χ0n) is 11.6. The van der Waals surface area contributed by atoms with Crippen molar-refractivity contribution in [3.63, 3.8) is 0 Å². The maximum Gasteiger partial charge on any atom is 0.246 e. The van der Waals surface area contributed by atoms with E-state index in [4.69, 9.17) is 8.83 Å². The number of furan rings is 2. The molecule has 4 nitrogen and oxygen atoms in total. The minimum atomic E-state index is 0.0343. The first kappa shape index (κ1) is 14.1. The summed E-state index contributed by atoms with van der Waals surface area (Å²) in [5.41, 5.74) is 0. The Morgan fingerprint density at radius 3 is 2.86 bits per heavy atom. The van der Waals surface area contributed by atoms with Crippen molar-refractivity contribution in [1.29, 1.82) is 0 Å². The van der Waals surface area contributed by atoms with Crippen molar-refractivity contribution < 1.29 is 13.6 Å². The molecule has 1 fully saturated rings. The highest BCUT2D eigenvalue weighted by Gasteiger charge is 2.22. The first-order valence-corrected chi connectivity index (χ1v) is 8.03. The van der Waals surface area contributed by atoms with Crippen LogP contribution >= 0.6 is 11.8 Å². The average Bonchev–Trinajstić information content (AvgIpc) is 3.15. The monoisotopic (exact) mass is 303 g/mol. The summed E-state index contributed by atoms with van der Waals surface area (Å²) in [6, 6.07) is 7.55. The Bertz CT molecular complexity index is 589. The standard InChI is InChI=1S/C16H17NO3S/c18-16(6-5-13-3-1-10-19-13)17-8-7-15(21-12-9-17)14-4-2-11-20-14/h1-6,10-11,15H,7-9,12H2/b6-5+. The van der Waals surface area contributed by atoms with Crippen LogP contribution in [-0.2, 0) is 4.79 Å². The van der Waals surface area contributed by atoms with E-state index in [2.05, 4.69) is 0 Å². The van der Waals surface area contributed by atoms with E-state index in [1.54, 1.807) is 30.7 Å². The molecular formula is C16H17NO3S. The van der Waals surface area contributed by atoms with Crippen molar-refractivity contribution in [3.8, 4) is 0 Å². The van der Waals surface area contributed by atoms with Gasteiger partial charge in [0.25, 0.3) is 0 Å². The summed E-state index contributed by atoms with van der Waals surface area (Å²) in [5.74, 6) is 2.65. The van der Waals surface area contributed by atoms with Gasteiger partial charge in [0.2, 0.25) is 5.91 Å². The molecule has 2 aromatic heterocycles. The number of hydrogen-bond acceptors (Lipinski definition) is 4. The minimum absolute atomic E-state index is 0.0343. The van der Waals surface area contributed by atoms with Crippen LogP contribution in [0.1, 0.15) is 23.2 Å². The van der Waals surface area contributed by atoms with Crippen LogP contribution in [-0.4, -0.2) is 29.6 Å². The summed E-state index contributed by atoms with van der Waals surface area (Å²) in [6.07, 6.45) is 7.51. The highest BCUT2D eigenvalue weighted by molar-refractivity contribution is 7.99. The van der Waals surface area contributed by atoms with Gasteiger partial charge in [-0.05, 0) is 36.8 Å². The lowest BCUT2D eigenvalue weighted by Gasteiger charge is -2.17. The number of nitrogens with zero attached hydrogens (tertiary/aromatic N) is 1. The normalized spacial score (nSPS) is 19.8. The third kappa shape index (κ3) is 3.61. The van der Waals surface area contributed by atoms with E-state index in [1.165, 1.54) is 0 Å². The molecule has 3 rings (SSSR count). The van der Waals surface area contributed by atoms with Crippen LogP contribution < -0.4 is 0 Å². The van der Waals surface area contributed by atoms with E-state index < -0.39 is 0 Å². The molecule has 3 heterocycles. The molecule has 0 spiro atoms.